The molecule has 0 aliphatic rings. The van der Waals surface area contributed by atoms with Gasteiger partial charge in [-0.25, -0.2) is 0 Å². The molecule has 74 valence electrons. The lowest BCUT2D eigenvalue weighted by Crippen LogP contribution is -2.06. The summed E-state index contributed by atoms with van der Waals surface area (Å²) in [7, 11) is 2.00. The van der Waals surface area contributed by atoms with Crippen LogP contribution in [0.15, 0.2) is 12.1 Å². The van der Waals surface area contributed by atoms with Crippen molar-refractivity contribution in [2.24, 2.45) is 0 Å². The Balaban J connectivity index is 2.06. The van der Waals surface area contributed by atoms with Crippen molar-refractivity contribution >= 4 is 22.9 Å². The van der Waals surface area contributed by atoms with Gasteiger partial charge >= 0.3 is 0 Å². The van der Waals surface area contributed by atoms with E-state index in [1.54, 1.807) is 11.3 Å². The van der Waals surface area contributed by atoms with Gasteiger partial charge in [0, 0.05) is 4.88 Å². The van der Waals surface area contributed by atoms with Crippen LogP contribution in [0.5, 0.6) is 0 Å². The highest BCUT2D eigenvalue weighted by atomic mass is 35.5. The Morgan fingerprint density at radius 1 is 1.31 bits per heavy atom. The second kappa shape index (κ2) is 6.41. The summed E-state index contributed by atoms with van der Waals surface area (Å²) in [6.07, 6.45) is 5.03. The first-order valence-electron chi connectivity index (χ1n) is 4.72. The van der Waals surface area contributed by atoms with E-state index in [1.807, 2.05) is 13.1 Å². The molecule has 1 rings (SSSR count). The molecule has 1 nitrogen and oxygen atoms in total. The van der Waals surface area contributed by atoms with Crippen LogP contribution in [0.25, 0.3) is 0 Å². The van der Waals surface area contributed by atoms with Crippen molar-refractivity contribution in [2.45, 2.75) is 25.7 Å². The van der Waals surface area contributed by atoms with Gasteiger partial charge in [0.25, 0.3) is 0 Å². The Labute approximate surface area is 89.1 Å². The maximum Gasteiger partial charge on any atom is 0.0931 e. The van der Waals surface area contributed by atoms with Crippen LogP contribution < -0.4 is 5.32 Å². The maximum atomic E-state index is 5.83. The van der Waals surface area contributed by atoms with E-state index in [4.69, 9.17) is 11.6 Å². The average molecular weight is 218 g/mol. The van der Waals surface area contributed by atoms with Crippen LogP contribution in [0.3, 0.4) is 0 Å². The molecule has 0 saturated heterocycles. The van der Waals surface area contributed by atoms with Crippen molar-refractivity contribution in [2.75, 3.05) is 13.6 Å². The Bertz CT molecular complexity index is 235. The number of thiophene rings is 1. The third-order valence-electron chi connectivity index (χ3n) is 1.98. The first-order chi connectivity index (χ1) is 6.33. The highest BCUT2D eigenvalue weighted by Crippen LogP contribution is 2.22. The largest absolute Gasteiger partial charge is 0.320 e. The molecule has 1 aromatic rings. The third kappa shape index (κ3) is 4.65. The van der Waals surface area contributed by atoms with E-state index in [0.29, 0.717) is 0 Å². The monoisotopic (exact) mass is 217 g/mol. The lowest BCUT2D eigenvalue weighted by molar-refractivity contribution is 0.645. The van der Waals surface area contributed by atoms with Gasteiger partial charge in [-0.3, -0.25) is 0 Å². The lowest BCUT2D eigenvalue weighted by Gasteiger charge is -1.98. The first kappa shape index (κ1) is 11.0. The predicted octanol–water partition coefficient (Wildman–Crippen LogP) is 3.33. The molecule has 0 aliphatic carbocycles. The molecule has 3 heteroatoms. The van der Waals surface area contributed by atoms with E-state index in [1.165, 1.54) is 30.6 Å². The number of unbranched alkanes of at least 4 members (excludes halogenated alkanes) is 2. The van der Waals surface area contributed by atoms with Crippen molar-refractivity contribution in [1.82, 2.24) is 5.32 Å². The summed E-state index contributed by atoms with van der Waals surface area (Å²) in [4.78, 5) is 1.41. The molecule has 0 aliphatic heterocycles. The van der Waals surface area contributed by atoms with Crippen LogP contribution in [0.1, 0.15) is 24.1 Å². The molecular weight excluding hydrogens is 202 g/mol. The fraction of sp³-hybridized carbons (Fsp3) is 0.600. The molecule has 0 spiro atoms. The quantitative estimate of drug-likeness (QED) is 0.721. The Morgan fingerprint density at radius 2 is 2.15 bits per heavy atom. The summed E-state index contributed by atoms with van der Waals surface area (Å²) in [6, 6.07) is 4.11. The van der Waals surface area contributed by atoms with Gasteiger partial charge in [-0.2, -0.15) is 0 Å². The smallest absolute Gasteiger partial charge is 0.0931 e. The van der Waals surface area contributed by atoms with Gasteiger partial charge in [-0.1, -0.05) is 18.0 Å². The zero-order valence-electron chi connectivity index (χ0n) is 7.98. The van der Waals surface area contributed by atoms with Gasteiger partial charge in [0.15, 0.2) is 0 Å². The van der Waals surface area contributed by atoms with E-state index < -0.39 is 0 Å². The number of rotatable bonds is 6. The molecule has 1 heterocycles. The summed E-state index contributed by atoms with van der Waals surface area (Å²) in [5.74, 6) is 0. The minimum atomic E-state index is 0.908. The molecule has 0 aromatic carbocycles. The second-order valence-corrected chi connectivity index (χ2v) is 4.92. The summed E-state index contributed by atoms with van der Waals surface area (Å²) < 4.78 is 0.908. The molecule has 0 fully saturated rings. The van der Waals surface area contributed by atoms with E-state index in [2.05, 4.69) is 11.4 Å². The summed E-state index contributed by atoms with van der Waals surface area (Å²) in [5.41, 5.74) is 0. The summed E-state index contributed by atoms with van der Waals surface area (Å²) in [5, 5.41) is 3.15. The number of halogens is 1. The maximum absolute atomic E-state index is 5.83. The molecule has 0 unspecified atom stereocenters. The van der Waals surface area contributed by atoms with Crippen molar-refractivity contribution in [1.29, 1.82) is 0 Å². The number of hydrogen-bond donors (Lipinski definition) is 1. The molecule has 0 atom stereocenters. The molecule has 1 N–H and O–H groups in total. The van der Waals surface area contributed by atoms with Crippen LogP contribution >= 0.6 is 22.9 Å². The topological polar surface area (TPSA) is 12.0 Å². The molecule has 0 amide bonds. The van der Waals surface area contributed by atoms with Gasteiger partial charge in [0.1, 0.15) is 0 Å². The lowest BCUT2D eigenvalue weighted by atomic mass is 10.2. The van der Waals surface area contributed by atoms with Gasteiger partial charge in [-0.05, 0) is 45.0 Å². The van der Waals surface area contributed by atoms with E-state index >= 15 is 0 Å². The zero-order chi connectivity index (χ0) is 9.52. The third-order valence-corrected chi connectivity index (χ3v) is 3.27. The number of hydrogen-bond acceptors (Lipinski definition) is 2. The van der Waals surface area contributed by atoms with Crippen LogP contribution in [0, 0.1) is 0 Å². The molecule has 13 heavy (non-hydrogen) atoms. The molecule has 0 saturated carbocycles. The number of aryl methyl sites for hydroxylation is 1. The summed E-state index contributed by atoms with van der Waals surface area (Å²) in [6.45, 7) is 1.13. The SMILES string of the molecule is CNCCCCCc1ccc(Cl)s1. The minimum Gasteiger partial charge on any atom is -0.320 e. The van der Waals surface area contributed by atoms with E-state index in [-0.39, 0.29) is 0 Å². The normalized spacial score (nSPS) is 10.6. The molecule has 1 aromatic heterocycles. The fourth-order valence-electron chi connectivity index (χ4n) is 1.26. The fourth-order valence-corrected chi connectivity index (χ4v) is 2.39. The van der Waals surface area contributed by atoms with Crippen LogP contribution in [0.4, 0.5) is 0 Å². The van der Waals surface area contributed by atoms with Crippen LogP contribution in [0.2, 0.25) is 4.34 Å². The van der Waals surface area contributed by atoms with Gasteiger partial charge < -0.3 is 5.32 Å². The molecule has 0 radical (unpaired) electrons. The van der Waals surface area contributed by atoms with Crippen molar-refractivity contribution in [3.63, 3.8) is 0 Å². The standard InChI is InChI=1S/C10H16ClNS/c1-12-8-4-2-3-5-9-6-7-10(11)13-9/h6-7,12H,2-5,8H2,1H3. The first-order valence-corrected chi connectivity index (χ1v) is 5.91. The van der Waals surface area contributed by atoms with Crippen molar-refractivity contribution in [3.8, 4) is 0 Å². The predicted molar refractivity (Wildman–Crippen MR) is 60.8 cm³/mol. The van der Waals surface area contributed by atoms with E-state index in [0.717, 1.165) is 10.9 Å². The highest BCUT2D eigenvalue weighted by Gasteiger charge is 1.97. The van der Waals surface area contributed by atoms with Gasteiger partial charge in [0.2, 0.25) is 0 Å². The van der Waals surface area contributed by atoms with Gasteiger partial charge in [0.05, 0.1) is 4.34 Å². The Kier molecular flexibility index (Phi) is 5.44. The second-order valence-electron chi connectivity index (χ2n) is 3.12. The molecule has 0 bridgehead atoms. The van der Waals surface area contributed by atoms with Crippen molar-refractivity contribution < 1.29 is 0 Å². The van der Waals surface area contributed by atoms with Gasteiger partial charge in [-0.15, -0.1) is 11.3 Å². The van der Waals surface area contributed by atoms with Crippen molar-refractivity contribution in [3.05, 3.63) is 21.3 Å². The van der Waals surface area contributed by atoms with E-state index in [9.17, 15) is 0 Å². The minimum absolute atomic E-state index is 0.908. The van der Waals surface area contributed by atoms with Crippen LogP contribution in [-0.2, 0) is 6.42 Å². The number of nitrogens with one attached hydrogen (secondary N) is 1. The Hall–Kier alpha value is -0.0500. The van der Waals surface area contributed by atoms with Crippen LogP contribution in [-0.4, -0.2) is 13.6 Å². The molecular formula is C10H16ClNS. The Morgan fingerprint density at radius 3 is 2.77 bits per heavy atom. The average Bonchev–Trinajstić information content (AvgIpc) is 2.51. The highest BCUT2D eigenvalue weighted by molar-refractivity contribution is 7.16. The zero-order valence-corrected chi connectivity index (χ0v) is 9.55. The summed E-state index contributed by atoms with van der Waals surface area (Å²) >= 11 is 7.53.